The molecule has 29 heavy (non-hydrogen) atoms. The molecule has 2 atom stereocenters. The van der Waals surface area contributed by atoms with Crippen LogP contribution in [0.4, 0.5) is 0 Å². The maximum absolute atomic E-state index is 13.3. The zero-order valence-electron chi connectivity index (χ0n) is 16.5. The van der Waals surface area contributed by atoms with Crippen LogP contribution in [0.3, 0.4) is 0 Å². The summed E-state index contributed by atoms with van der Waals surface area (Å²) >= 11 is 0. The van der Waals surface area contributed by atoms with Crippen molar-refractivity contribution in [2.24, 2.45) is 11.8 Å². The molecule has 0 bridgehead atoms. The molecule has 2 aliphatic rings. The van der Waals surface area contributed by atoms with Crippen molar-refractivity contribution in [3.05, 3.63) is 59.7 Å². The van der Waals surface area contributed by atoms with Crippen molar-refractivity contribution in [1.29, 1.82) is 0 Å². The van der Waals surface area contributed by atoms with Crippen molar-refractivity contribution < 1.29 is 23.8 Å². The number of hydrogen-bond donors (Lipinski definition) is 0. The molecule has 0 N–H and O–H groups in total. The Hall–Kier alpha value is -3.02. The number of hydrogen-bond acceptors (Lipinski definition) is 5. The Morgan fingerprint density at radius 3 is 2.59 bits per heavy atom. The van der Waals surface area contributed by atoms with Gasteiger partial charge in [0.1, 0.15) is 13.2 Å². The van der Waals surface area contributed by atoms with E-state index in [1.54, 1.807) is 18.2 Å². The number of fused-ring (bicyclic) bond motifs is 1. The molecule has 0 spiro atoms. The molecule has 1 amide bonds. The highest BCUT2D eigenvalue weighted by Gasteiger charge is 2.45. The molecule has 1 aliphatic heterocycles. The summed E-state index contributed by atoms with van der Waals surface area (Å²) in [5, 5.41) is 0. The van der Waals surface area contributed by atoms with Gasteiger partial charge in [-0.3, -0.25) is 9.59 Å². The van der Waals surface area contributed by atoms with Gasteiger partial charge in [0.2, 0.25) is 0 Å². The van der Waals surface area contributed by atoms with Gasteiger partial charge in [-0.15, -0.1) is 0 Å². The predicted octanol–water partition coefficient (Wildman–Crippen LogP) is 3.30. The fraction of sp³-hybridized carbons (Fsp3) is 0.391. The van der Waals surface area contributed by atoms with E-state index in [2.05, 4.69) is 0 Å². The van der Waals surface area contributed by atoms with Crippen LogP contribution in [-0.2, 0) is 16.1 Å². The van der Waals surface area contributed by atoms with E-state index in [0.717, 1.165) is 12.0 Å². The van der Waals surface area contributed by atoms with E-state index in [9.17, 15) is 9.59 Å². The number of carbonyl (C=O) groups is 2. The number of amides is 1. The average molecular weight is 395 g/mol. The van der Waals surface area contributed by atoms with Gasteiger partial charge in [0, 0.05) is 18.7 Å². The van der Waals surface area contributed by atoms with Crippen LogP contribution in [0, 0.1) is 11.8 Å². The number of benzene rings is 2. The second kappa shape index (κ2) is 8.55. The Balaban J connectivity index is 1.51. The minimum atomic E-state index is -0.163. The van der Waals surface area contributed by atoms with Crippen molar-refractivity contribution in [3.8, 4) is 11.5 Å². The smallest absolute Gasteiger partial charge is 0.309 e. The molecule has 0 radical (unpaired) electrons. The minimum Gasteiger partial charge on any atom is -0.486 e. The number of esters is 1. The Labute approximate surface area is 170 Å². The lowest BCUT2D eigenvalue weighted by Crippen LogP contribution is -2.33. The van der Waals surface area contributed by atoms with Crippen molar-refractivity contribution in [3.63, 3.8) is 0 Å². The fourth-order valence-electron chi connectivity index (χ4n) is 3.65. The standard InChI is InChI=1S/C23H25NO5/c1-2-27-23(26)19-12-18(19)15-24(14-16-6-4-3-5-7-16)22(25)17-8-9-20-21(13-17)29-11-10-28-20/h3-9,13,18-19H,2,10-12,14-15H2,1H3/t18-,19+/m0/s1. The van der Waals surface area contributed by atoms with Crippen molar-refractivity contribution in [2.75, 3.05) is 26.4 Å². The van der Waals surface area contributed by atoms with E-state index in [-0.39, 0.29) is 23.7 Å². The summed E-state index contributed by atoms with van der Waals surface area (Å²) < 4.78 is 16.3. The molecule has 6 nitrogen and oxygen atoms in total. The van der Waals surface area contributed by atoms with E-state index in [1.165, 1.54) is 0 Å². The average Bonchev–Trinajstić information content (AvgIpc) is 3.53. The molecule has 1 aliphatic carbocycles. The number of nitrogens with zero attached hydrogens (tertiary/aromatic N) is 1. The molecular formula is C23H25NO5. The molecule has 0 aromatic heterocycles. The van der Waals surface area contributed by atoms with Gasteiger partial charge >= 0.3 is 5.97 Å². The van der Waals surface area contributed by atoms with Gasteiger partial charge in [0.05, 0.1) is 12.5 Å². The number of rotatable bonds is 7. The van der Waals surface area contributed by atoms with Gasteiger partial charge in [-0.2, -0.15) is 0 Å². The largest absolute Gasteiger partial charge is 0.486 e. The lowest BCUT2D eigenvalue weighted by Gasteiger charge is -2.24. The number of carbonyl (C=O) groups excluding carboxylic acids is 2. The number of ether oxygens (including phenoxy) is 3. The highest BCUT2D eigenvalue weighted by atomic mass is 16.6. The first kappa shape index (κ1) is 19.3. The summed E-state index contributed by atoms with van der Waals surface area (Å²) in [7, 11) is 0. The second-order valence-electron chi connectivity index (χ2n) is 7.38. The van der Waals surface area contributed by atoms with Crippen LogP contribution >= 0.6 is 0 Å². The van der Waals surface area contributed by atoms with Crippen LogP contribution in [0.5, 0.6) is 11.5 Å². The molecular weight excluding hydrogens is 370 g/mol. The lowest BCUT2D eigenvalue weighted by atomic mass is 10.1. The Bertz CT molecular complexity index is 882. The van der Waals surface area contributed by atoms with Crippen LogP contribution in [0.2, 0.25) is 0 Å². The normalized spacial score (nSPS) is 19.3. The van der Waals surface area contributed by atoms with Gasteiger partial charge in [-0.05, 0) is 43.0 Å². The summed E-state index contributed by atoms with van der Waals surface area (Å²) in [6, 6.07) is 15.2. The summed E-state index contributed by atoms with van der Waals surface area (Å²) in [6.07, 6.45) is 0.762. The molecule has 1 heterocycles. The topological polar surface area (TPSA) is 65.1 Å². The Kier molecular flexibility index (Phi) is 5.69. The van der Waals surface area contributed by atoms with Crippen LogP contribution in [0.1, 0.15) is 29.3 Å². The van der Waals surface area contributed by atoms with Crippen molar-refractivity contribution >= 4 is 11.9 Å². The van der Waals surface area contributed by atoms with E-state index in [4.69, 9.17) is 14.2 Å². The summed E-state index contributed by atoms with van der Waals surface area (Å²) in [5.41, 5.74) is 1.60. The maximum Gasteiger partial charge on any atom is 0.309 e. The third-order valence-corrected chi connectivity index (χ3v) is 5.26. The quantitative estimate of drug-likeness (QED) is 0.673. The molecule has 1 saturated carbocycles. The van der Waals surface area contributed by atoms with E-state index < -0.39 is 0 Å². The third-order valence-electron chi connectivity index (χ3n) is 5.26. The van der Waals surface area contributed by atoms with Gasteiger partial charge in [-0.1, -0.05) is 30.3 Å². The van der Waals surface area contributed by atoms with E-state index >= 15 is 0 Å². The summed E-state index contributed by atoms with van der Waals surface area (Å²) in [6.45, 7) is 4.18. The maximum atomic E-state index is 13.3. The lowest BCUT2D eigenvalue weighted by molar-refractivity contribution is -0.145. The molecule has 2 aromatic carbocycles. The van der Waals surface area contributed by atoms with Crippen LogP contribution in [0.15, 0.2) is 48.5 Å². The first-order valence-electron chi connectivity index (χ1n) is 10.0. The van der Waals surface area contributed by atoms with Crippen LogP contribution in [0.25, 0.3) is 0 Å². The third kappa shape index (κ3) is 4.53. The zero-order chi connectivity index (χ0) is 20.2. The zero-order valence-corrected chi connectivity index (χ0v) is 16.5. The molecule has 6 heteroatoms. The summed E-state index contributed by atoms with van der Waals surface area (Å²) in [4.78, 5) is 27.1. The highest BCUT2D eigenvalue weighted by Crippen LogP contribution is 2.40. The monoisotopic (exact) mass is 395 g/mol. The molecule has 4 rings (SSSR count). The minimum absolute atomic E-state index is 0.0830. The van der Waals surface area contributed by atoms with Crippen molar-refractivity contribution in [2.45, 2.75) is 19.9 Å². The van der Waals surface area contributed by atoms with E-state index in [0.29, 0.717) is 50.0 Å². The first-order valence-corrected chi connectivity index (χ1v) is 10.0. The van der Waals surface area contributed by atoms with Gasteiger partial charge < -0.3 is 19.1 Å². The van der Waals surface area contributed by atoms with Gasteiger partial charge in [0.25, 0.3) is 5.91 Å². The van der Waals surface area contributed by atoms with Crippen LogP contribution < -0.4 is 9.47 Å². The van der Waals surface area contributed by atoms with Gasteiger partial charge in [0.15, 0.2) is 11.5 Å². The van der Waals surface area contributed by atoms with Crippen molar-refractivity contribution in [1.82, 2.24) is 4.90 Å². The van der Waals surface area contributed by atoms with E-state index in [1.807, 2.05) is 42.2 Å². The predicted molar refractivity (Wildman–Crippen MR) is 107 cm³/mol. The summed E-state index contributed by atoms with van der Waals surface area (Å²) in [5.74, 6) is 1.04. The van der Waals surface area contributed by atoms with Gasteiger partial charge in [-0.25, -0.2) is 0 Å². The molecule has 2 aromatic rings. The SMILES string of the molecule is CCOC(=O)[C@@H]1C[C@H]1CN(Cc1ccccc1)C(=O)c1ccc2c(c1)OCCO2. The Morgan fingerprint density at radius 1 is 1.07 bits per heavy atom. The molecule has 152 valence electrons. The fourth-order valence-corrected chi connectivity index (χ4v) is 3.65. The second-order valence-corrected chi connectivity index (χ2v) is 7.38. The highest BCUT2D eigenvalue weighted by molar-refractivity contribution is 5.95. The molecule has 0 unspecified atom stereocenters. The Morgan fingerprint density at radius 2 is 1.83 bits per heavy atom. The van der Waals surface area contributed by atoms with Crippen LogP contribution in [-0.4, -0.2) is 43.1 Å². The molecule has 1 fully saturated rings. The molecule has 0 saturated heterocycles. The first-order chi connectivity index (χ1) is 14.2.